The minimum atomic E-state index is 0.0382. The van der Waals surface area contributed by atoms with Crippen molar-refractivity contribution in [1.29, 1.82) is 0 Å². The van der Waals surface area contributed by atoms with Crippen LogP contribution in [0, 0.1) is 0 Å². The van der Waals surface area contributed by atoms with Gasteiger partial charge in [-0.25, -0.2) is 0 Å². The molecule has 2 rings (SSSR count). The predicted octanol–water partition coefficient (Wildman–Crippen LogP) is 3.77. The fourth-order valence-corrected chi connectivity index (χ4v) is 2.43. The van der Waals surface area contributed by atoms with Crippen molar-refractivity contribution in [2.75, 3.05) is 7.11 Å². The van der Waals surface area contributed by atoms with E-state index in [1.807, 2.05) is 42.5 Å². The number of carbonyl (C=O) groups excluding carboxylic acids is 1. The normalized spacial score (nSPS) is 10.1. The number of hydrogen-bond donors (Lipinski definition) is 0. The second kappa shape index (κ2) is 6.26. The quantitative estimate of drug-likeness (QED) is 0.835. The van der Waals surface area contributed by atoms with E-state index < -0.39 is 0 Å². The molecule has 0 aliphatic rings. The fourth-order valence-electron chi connectivity index (χ4n) is 1.61. The van der Waals surface area contributed by atoms with Gasteiger partial charge in [-0.3, -0.25) is 4.79 Å². The monoisotopic (exact) mass is 258 g/mol. The lowest BCUT2D eigenvalue weighted by atomic mass is 10.2. The molecule has 0 spiro atoms. The summed E-state index contributed by atoms with van der Waals surface area (Å²) in [6.07, 6.45) is 0. The van der Waals surface area contributed by atoms with Gasteiger partial charge in [-0.2, -0.15) is 0 Å². The highest BCUT2D eigenvalue weighted by atomic mass is 32.2. The maximum Gasteiger partial charge on any atom is 0.223 e. The Labute approximate surface area is 111 Å². The average molecular weight is 258 g/mol. The standard InChI is InChI=1S/C15H14O2S/c1-17-14-10-6-5-9-13(14)15(16)18-11-12-7-3-2-4-8-12/h2-10H,11H2,1H3. The smallest absolute Gasteiger partial charge is 0.223 e. The van der Waals surface area contributed by atoms with Gasteiger partial charge in [-0.15, -0.1) is 0 Å². The van der Waals surface area contributed by atoms with Gasteiger partial charge in [0.15, 0.2) is 0 Å². The molecule has 0 fully saturated rings. The van der Waals surface area contributed by atoms with Gasteiger partial charge < -0.3 is 4.74 Å². The number of benzene rings is 2. The first-order chi connectivity index (χ1) is 8.81. The topological polar surface area (TPSA) is 26.3 Å². The Morgan fingerprint density at radius 2 is 1.72 bits per heavy atom. The Hall–Kier alpha value is -1.74. The Bertz CT molecular complexity index is 523. The molecule has 0 aliphatic carbocycles. The largest absolute Gasteiger partial charge is 0.496 e. The van der Waals surface area contributed by atoms with Crippen molar-refractivity contribution in [3.63, 3.8) is 0 Å². The van der Waals surface area contributed by atoms with Crippen molar-refractivity contribution in [3.8, 4) is 5.75 Å². The summed E-state index contributed by atoms with van der Waals surface area (Å²) in [5.41, 5.74) is 1.77. The lowest BCUT2D eigenvalue weighted by Crippen LogP contribution is -1.98. The molecule has 0 bridgehead atoms. The summed E-state index contributed by atoms with van der Waals surface area (Å²) >= 11 is 1.29. The summed E-state index contributed by atoms with van der Waals surface area (Å²) < 4.78 is 5.18. The van der Waals surface area contributed by atoms with Crippen LogP contribution in [0.2, 0.25) is 0 Å². The van der Waals surface area contributed by atoms with Crippen molar-refractivity contribution < 1.29 is 9.53 Å². The lowest BCUT2D eigenvalue weighted by molar-refractivity contribution is 0.108. The Kier molecular flexibility index (Phi) is 4.42. The first-order valence-electron chi connectivity index (χ1n) is 5.65. The molecule has 92 valence electrons. The summed E-state index contributed by atoms with van der Waals surface area (Å²) in [4.78, 5) is 12.1. The highest BCUT2D eigenvalue weighted by molar-refractivity contribution is 8.13. The second-order valence-corrected chi connectivity index (χ2v) is 4.71. The van der Waals surface area contributed by atoms with E-state index >= 15 is 0 Å². The van der Waals surface area contributed by atoms with Crippen molar-refractivity contribution in [3.05, 3.63) is 65.7 Å². The van der Waals surface area contributed by atoms with Crippen LogP contribution in [0.3, 0.4) is 0 Å². The van der Waals surface area contributed by atoms with E-state index in [1.165, 1.54) is 11.8 Å². The first-order valence-corrected chi connectivity index (χ1v) is 6.64. The van der Waals surface area contributed by atoms with E-state index in [0.29, 0.717) is 17.1 Å². The van der Waals surface area contributed by atoms with Gasteiger partial charge in [0.25, 0.3) is 0 Å². The first kappa shape index (κ1) is 12.7. The summed E-state index contributed by atoms with van der Waals surface area (Å²) in [5.74, 6) is 1.31. The maximum atomic E-state index is 12.1. The molecule has 18 heavy (non-hydrogen) atoms. The SMILES string of the molecule is COc1ccccc1C(=O)SCc1ccccc1. The maximum absolute atomic E-state index is 12.1. The molecular weight excluding hydrogens is 244 g/mol. The molecule has 0 amide bonds. The van der Waals surface area contributed by atoms with E-state index in [2.05, 4.69) is 0 Å². The summed E-state index contributed by atoms with van der Waals surface area (Å²) in [5, 5.41) is 0.0382. The zero-order valence-corrected chi connectivity index (χ0v) is 10.9. The Morgan fingerprint density at radius 3 is 2.44 bits per heavy atom. The van der Waals surface area contributed by atoms with Gasteiger partial charge in [0.2, 0.25) is 5.12 Å². The number of hydrogen-bond acceptors (Lipinski definition) is 3. The van der Waals surface area contributed by atoms with E-state index in [-0.39, 0.29) is 5.12 Å². The molecular formula is C15H14O2S. The fraction of sp³-hybridized carbons (Fsp3) is 0.133. The molecule has 0 aromatic heterocycles. The van der Waals surface area contributed by atoms with Crippen molar-refractivity contribution in [1.82, 2.24) is 0 Å². The second-order valence-electron chi connectivity index (χ2n) is 3.76. The third-order valence-electron chi connectivity index (χ3n) is 2.54. The van der Waals surface area contributed by atoms with E-state index in [1.54, 1.807) is 19.2 Å². The summed E-state index contributed by atoms with van der Waals surface area (Å²) in [6, 6.07) is 17.2. The molecule has 0 unspecified atom stereocenters. The van der Waals surface area contributed by atoms with Crippen molar-refractivity contribution >= 4 is 16.9 Å². The number of rotatable bonds is 4. The third kappa shape index (κ3) is 3.14. The van der Waals surface area contributed by atoms with Crippen LogP contribution in [0.15, 0.2) is 54.6 Å². The Morgan fingerprint density at radius 1 is 1.06 bits per heavy atom. The molecule has 0 atom stereocenters. The minimum Gasteiger partial charge on any atom is -0.496 e. The molecule has 0 heterocycles. The molecule has 2 aromatic rings. The van der Waals surface area contributed by atoms with Crippen LogP contribution in [-0.4, -0.2) is 12.2 Å². The van der Waals surface area contributed by atoms with Crippen molar-refractivity contribution in [2.45, 2.75) is 5.75 Å². The number of thioether (sulfide) groups is 1. The molecule has 0 saturated heterocycles. The van der Waals surface area contributed by atoms with Crippen LogP contribution in [0.4, 0.5) is 0 Å². The lowest BCUT2D eigenvalue weighted by Gasteiger charge is -2.06. The predicted molar refractivity (Wildman–Crippen MR) is 75.1 cm³/mol. The van der Waals surface area contributed by atoms with Crippen molar-refractivity contribution in [2.24, 2.45) is 0 Å². The minimum absolute atomic E-state index is 0.0382. The van der Waals surface area contributed by atoms with Crippen LogP contribution in [0.25, 0.3) is 0 Å². The van der Waals surface area contributed by atoms with Crippen LogP contribution >= 0.6 is 11.8 Å². The zero-order chi connectivity index (χ0) is 12.8. The van der Waals surface area contributed by atoms with Crippen LogP contribution in [0.1, 0.15) is 15.9 Å². The number of methoxy groups -OCH3 is 1. The number of carbonyl (C=O) groups is 1. The van der Waals surface area contributed by atoms with Gasteiger partial charge >= 0.3 is 0 Å². The van der Waals surface area contributed by atoms with Crippen LogP contribution < -0.4 is 4.74 Å². The Balaban J connectivity index is 2.04. The third-order valence-corrected chi connectivity index (χ3v) is 3.50. The highest BCUT2D eigenvalue weighted by Gasteiger charge is 2.11. The van der Waals surface area contributed by atoms with E-state index in [9.17, 15) is 4.79 Å². The molecule has 2 nitrogen and oxygen atoms in total. The average Bonchev–Trinajstić information content (AvgIpc) is 2.45. The molecule has 0 radical (unpaired) electrons. The van der Waals surface area contributed by atoms with E-state index in [0.717, 1.165) is 5.56 Å². The van der Waals surface area contributed by atoms with E-state index in [4.69, 9.17) is 4.74 Å². The molecule has 0 N–H and O–H groups in total. The molecule has 0 aliphatic heterocycles. The number of para-hydroxylation sites is 1. The summed E-state index contributed by atoms with van der Waals surface area (Å²) in [7, 11) is 1.58. The molecule has 2 aromatic carbocycles. The van der Waals surface area contributed by atoms with Gasteiger partial charge in [0.05, 0.1) is 12.7 Å². The summed E-state index contributed by atoms with van der Waals surface area (Å²) in [6.45, 7) is 0. The van der Waals surface area contributed by atoms with Gasteiger partial charge in [0.1, 0.15) is 5.75 Å². The molecule has 3 heteroatoms. The van der Waals surface area contributed by atoms with Gasteiger partial charge in [-0.1, -0.05) is 54.2 Å². The van der Waals surface area contributed by atoms with Gasteiger partial charge in [0, 0.05) is 5.75 Å². The van der Waals surface area contributed by atoms with Crippen LogP contribution in [0.5, 0.6) is 5.75 Å². The molecule has 0 saturated carbocycles. The van der Waals surface area contributed by atoms with Gasteiger partial charge in [-0.05, 0) is 17.7 Å². The number of ether oxygens (including phenoxy) is 1. The zero-order valence-electron chi connectivity index (χ0n) is 10.1. The van der Waals surface area contributed by atoms with Crippen LogP contribution in [-0.2, 0) is 5.75 Å². The highest BCUT2D eigenvalue weighted by Crippen LogP contribution is 2.24.